The number of carboxylic acids is 1. The predicted octanol–water partition coefficient (Wildman–Crippen LogP) is -0.845. The highest BCUT2D eigenvalue weighted by Gasteiger charge is 2.25. The highest BCUT2D eigenvalue weighted by atomic mass is 32.2. The summed E-state index contributed by atoms with van der Waals surface area (Å²) in [4.78, 5) is 10.7. The third-order valence-corrected chi connectivity index (χ3v) is 3.58. The SMILES string of the molecule is O=C(O)c1cn[nH]c1S(=O)(=O)Nc1nnns1. The number of hydrogen-bond acceptors (Lipinski definition) is 8. The lowest BCUT2D eigenvalue weighted by Gasteiger charge is -2.01. The fraction of sp³-hybridized carbons (Fsp3) is 0. The van der Waals surface area contributed by atoms with Crippen molar-refractivity contribution in [1.29, 1.82) is 0 Å². The molecule has 2 aromatic rings. The van der Waals surface area contributed by atoms with Gasteiger partial charge in [0.2, 0.25) is 5.13 Å². The van der Waals surface area contributed by atoms with Gasteiger partial charge in [-0.25, -0.2) is 4.79 Å². The van der Waals surface area contributed by atoms with Crippen molar-refractivity contribution in [1.82, 2.24) is 25.0 Å². The Balaban J connectivity index is 2.38. The topological polar surface area (TPSA) is 151 Å². The Labute approximate surface area is 97.9 Å². The standard InChI is InChI=1S/C5H4N6O4S2/c12-4(13)2-1-6-7-3(2)17(14,15)9-5-8-10-11-16-5/h1H,(H,6,7)(H,12,13)(H,8,9,11). The molecule has 12 heteroatoms. The molecule has 0 radical (unpaired) electrons. The van der Waals surface area contributed by atoms with Crippen molar-refractivity contribution in [2.45, 2.75) is 5.03 Å². The first-order valence-corrected chi connectivity index (χ1v) is 6.21. The largest absolute Gasteiger partial charge is 0.478 e. The molecule has 0 unspecified atom stereocenters. The Morgan fingerprint density at radius 1 is 1.53 bits per heavy atom. The van der Waals surface area contributed by atoms with Crippen LogP contribution >= 0.6 is 11.5 Å². The van der Waals surface area contributed by atoms with Crippen LogP contribution < -0.4 is 4.72 Å². The fourth-order valence-corrected chi connectivity index (χ4v) is 2.65. The second kappa shape index (κ2) is 4.06. The predicted molar refractivity (Wildman–Crippen MR) is 54.1 cm³/mol. The van der Waals surface area contributed by atoms with Crippen molar-refractivity contribution >= 4 is 32.7 Å². The van der Waals surface area contributed by atoms with E-state index in [1.54, 1.807) is 0 Å². The van der Waals surface area contributed by atoms with Crippen molar-refractivity contribution in [2.75, 3.05) is 4.72 Å². The Bertz CT molecular complexity index is 631. The average Bonchev–Trinajstić information content (AvgIpc) is 2.84. The van der Waals surface area contributed by atoms with Gasteiger partial charge in [0, 0.05) is 11.5 Å². The van der Waals surface area contributed by atoms with E-state index in [9.17, 15) is 13.2 Å². The van der Waals surface area contributed by atoms with Gasteiger partial charge in [-0.05, 0) is 5.21 Å². The van der Waals surface area contributed by atoms with E-state index in [1.807, 2.05) is 4.72 Å². The molecule has 0 saturated carbocycles. The number of H-pyrrole nitrogens is 1. The van der Waals surface area contributed by atoms with Crippen molar-refractivity contribution < 1.29 is 18.3 Å². The van der Waals surface area contributed by atoms with E-state index >= 15 is 0 Å². The third kappa shape index (κ3) is 2.21. The van der Waals surface area contributed by atoms with Crippen LogP contribution in [0.4, 0.5) is 5.13 Å². The van der Waals surface area contributed by atoms with E-state index in [-0.39, 0.29) is 5.13 Å². The van der Waals surface area contributed by atoms with Crippen LogP contribution in [-0.2, 0) is 10.0 Å². The van der Waals surface area contributed by atoms with Gasteiger partial charge in [-0.2, -0.15) is 13.5 Å². The average molecular weight is 276 g/mol. The minimum atomic E-state index is -4.10. The summed E-state index contributed by atoms with van der Waals surface area (Å²) in [5.41, 5.74) is -0.463. The Morgan fingerprint density at radius 2 is 2.29 bits per heavy atom. The highest BCUT2D eigenvalue weighted by Crippen LogP contribution is 2.16. The lowest BCUT2D eigenvalue weighted by atomic mass is 10.4. The van der Waals surface area contributed by atoms with Crippen LogP contribution in [0.15, 0.2) is 11.2 Å². The highest BCUT2D eigenvalue weighted by molar-refractivity contribution is 7.92. The summed E-state index contributed by atoms with van der Waals surface area (Å²) in [6, 6.07) is 0. The molecule has 0 atom stereocenters. The second-order valence-corrected chi connectivity index (χ2v) is 5.04. The second-order valence-electron chi connectivity index (χ2n) is 2.69. The normalized spacial score (nSPS) is 11.3. The van der Waals surface area contributed by atoms with Gasteiger partial charge in [0.1, 0.15) is 5.56 Å². The minimum Gasteiger partial charge on any atom is -0.478 e. The molecule has 0 fully saturated rings. The molecule has 10 nitrogen and oxygen atoms in total. The smallest absolute Gasteiger partial charge is 0.340 e. The molecule has 0 bridgehead atoms. The number of sulfonamides is 1. The molecule has 2 rings (SSSR count). The zero-order valence-corrected chi connectivity index (χ0v) is 9.49. The summed E-state index contributed by atoms with van der Waals surface area (Å²) in [5, 5.41) is 20.2. The van der Waals surface area contributed by atoms with E-state index in [1.165, 1.54) is 0 Å². The summed E-state index contributed by atoms with van der Waals surface area (Å²) in [6.45, 7) is 0. The van der Waals surface area contributed by atoms with Crippen molar-refractivity contribution in [3.8, 4) is 0 Å². The van der Waals surface area contributed by atoms with Crippen molar-refractivity contribution in [3.63, 3.8) is 0 Å². The Morgan fingerprint density at radius 3 is 2.88 bits per heavy atom. The number of anilines is 1. The van der Waals surface area contributed by atoms with Gasteiger partial charge in [-0.1, -0.05) is 9.59 Å². The van der Waals surface area contributed by atoms with Gasteiger partial charge in [-0.3, -0.25) is 9.82 Å². The van der Waals surface area contributed by atoms with Crippen LogP contribution in [0.25, 0.3) is 0 Å². The Hall–Kier alpha value is -2.08. The number of hydrogen-bond donors (Lipinski definition) is 3. The number of nitrogens with zero attached hydrogens (tertiary/aromatic N) is 4. The van der Waals surface area contributed by atoms with E-state index in [4.69, 9.17) is 5.11 Å². The molecular formula is C5H4N6O4S2. The third-order valence-electron chi connectivity index (χ3n) is 1.62. The molecular weight excluding hydrogens is 272 g/mol. The van der Waals surface area contributed by atoms with Gasteiger partial charge in [0.25, 0.3) is 10.0 Å². The molecule has 0 aliphatic heterocycles. The lowest BCUT2D eigenvalue weighted by Crippen LogP contribution is -2.16. The number of aromatic nitrogens is 5. The van der Waals surface area contributed by atoms with E-state index in [0.29, 0.717) is 0 Å². The molecule has 3 N–H and O–H groups in total. The van der Waals surface area contributed by atoms with E-state index in [2.05, 4.69) is 25.0 Å². The van der Waals surface area contributed by atoms with E-state index in [0.717, 1.165) is 17.7 Å². The zero-order valence-electron chi connectivity index (χ0n) is 7.85. The molecule has 90 valence electrons. The molecule has 17 heavy (non-hydrogen) atoms. The van der Waals surface area contributed by atoms with Gasteiger partial charge in [0.15, 0.2) is 5.03 Å². The maximum Gasteiger partial charge on any atom is 0.340 e. The van der Waals surface area contributed by atoms with Gasteiger partial charge >= 0.3 is 5.97 Å². The van der Waals surface area contributed by atoms with Crippen molar-refractivity contribution in [3.05, 3.63) is 11.8 Å². The number of aromatic amines is 1. The zero-order chi connectivity index (χ0) is 12.5. The summed E-state index contributed by atoms with van der Waals surface area (Å²) < 4.78 is 28.9. The fourth-order valence-electron chi connectivity index (χ4n) is 0.971. The number of carboxylic acid groups (broad SMARTS) is 1. The molecule has 0 amide bonds. The monoisotopic (exact) mass is 276 g/mol. The molecule has 2 heterocycles. The van der Waals surface area contributed by atoms with Crippen LogP contribution in [0, 0.1) is 0 Å². The summed E-state index contributed by atoms with van der Waals surface area (Å²) in [6.07, 6.45) is 0.898. The summed E-state index contributed by atoms with van der Waals surface area (Å²) in [5.74, 6) is -1.41. The number of carbonyl (C=O) groups is 1. The first-order chi connectivity index (χ1) is 8.00. The number of nitrogens with one attached hydrogen (secondary N) is 2. The molecule has 0 saturated heterocycles. The number of aromatic carboxylic acids is 1. The Kier molecular flexibility index (Phi) is 2.72. The van der Waals surface area contributed by atoms with Crippen LogP contribution in [0.1, 0.15) is 10.4 Å². The van der Waals surface area contributed by atoms with Gasteiger partial charge in [0.05, 0.1) is 6.20 Å². The quantitative estimate of drug-likeness (QED) is 0.653. The van der Waals surface area contributed by atoms with Gasteiger partial charge < -0.3 is 5.11 Å². The van der Waals surface area contributed by atoms with Crippen molar-refractivity contribution in [2.24, 2.45) is 0 Å². The van der Waals surface area contributed by atoms with E-state index < -0.39 is 26.6 Å². The summed E-state index contributed by atoms with van der Waals surface area (Å²) in [7, 11) is -4.10. The van der Waals surface area contributed by atoms with Gasteiger partial charge in [-0.15, -0.1) is 0 Å². The van der Waals surface area contributed by atoms with Crippen LogP contribution in [0.3, 0.4) is 0 Å². The molecule has 2 aromatic heterocycles. The van der Waals surface area contributed by atoms with Crippen LogP contribution in [-0.4, -0.2) is 44.5 Å². The summed E-state index contributed by atoms with van der Waals surface area (Å²) >= 11 is 0.717. The molecule has 0 aliphatic carbocycles. The maximum atomic E-state index is 11.8. The first-order valence-electron chi connectivity index (χ1n) is 3.95. The van der Waals surface area contributed by atoms with Crippen LogP contribution in [0.5, 0.6) is 0 Å². The minimum absolute atomic E-state index is 0.0732. The first kappa shape index (κ1) is 11.4. The van der Waals surface area contributed by atoms with Crippen LogP contribution in [0.2, 0.25) is 0 Å². The lowest BCUT2D eigenvalue weighted by molar-refractivity contribution is 0.0692. The number of rotatable bonds is 4. The molecule has 0 aromatic carbocycles. The molecule has 0 spiro atoms. The molecule has 0 aliphatic rings. The maximum absolute atomic E-state index is 11.8.